The van der Waals surface area contributed by atoms with E-state index in [-0.39, 0.29) is 18.3 Å². The molecule has 0 atom stereocenters. The highest BCUT2D eigenvalue weighted by Crippen LogP contribution is 2.43. The normalized spacial score (nSPS) is 17.0. The molecule has 1 aromatic heterocycles. The number of nitrogens with zero attached hydrogens (tertiary/aromatic N) is 3. The summed E-state index contributed by atoms with van der Waals surface area (Å²) in [6.45, 7) is 4.01. The number of carbonyl (C=O) groups excluding carboxylic acids is 1. The number of aryl methyl sites for hydroxylation is 2. The number of aromatic nitrogens is 2. The van der Waals surface area contributed by atoms with Crippen molar-refractivity contribution in [2.24, 2.45) is 0 Å². The summed E-state index contributed by atoms with van der Waals surface area (Å²) < 4.78 is 5.02. The molecule has 1 aromatic carbocycles. The lowest BCUT2D eigenvalue weighted by Gasteiger charge is -2.27. The second-order valence-corrected chi connectivity index (χ2v) is 8.23. The molecule has 0 saturated carbocycles. The quantitative estimate of drug-likeness (QED) is 0.558. The van der Waals surface area contributed by atoms with E-state index < -0.39 is 0 Å². The van der Waals surface area contributed by atoms with Crippen molar-refractivity contribution in [3.8, 4) is 0 Å². The highest BCUT2D eigenvalue weighted by Gasteiger charge is 2.29. The topological polar surface area (TPSA) is 50.2 Å². The summed E-state index contributed by atoms with van der Waals surface area (Å²) in [7, 11) is 0. The number of amides is 1. The van der Waals surface area contributed by atoms with Crippen molar-refractivity contribution in [1.29, 1.82) is 0 Å². The average Bonchev–Trinajstić information content (AvgIpc) is 2.98. The summed E-state index contributed by atoms with van der Waals surface area (Å²) in [5.74, 6) is 0.600. The van der Waals surface area contributed by atoms with Crippen LogP contribution in [0.2, 0.25) is 0 Å². The molecule has 5 nitrogen and oxygen atoms in total. The SMILES string of the molecule is Cl.O=C(c1nc2c(Br)c(Br)c(Br)c3c2n1CCC3)N1CCNCC1. The maximum Gasteiger partial charge on any atom is 0.289 e. The Balaban J connectivity index is 0.00000169. The molecule has 1 N–H and O–H groups in total. The lowest BCUT2D eigenvalue weighted by molar-refractivity contribution is 0.0718. The standard InChI is InChI=1S/C15H15Br3N4O.ClH/c16-9-8-2-1-5-22-13(8)12(11(18)10(9)17)20-14(22)15(23)21-6-3-19-4-7-21;/h19H,1-7H2;1H. The molecule has 4 rings (SSSR count). The van der Waals surface area contributed by atoms with E-state index in [2.05, 4.69) is 57.7 Å². The molecule has 2 aromatic rings. The van der Waals surface area contributed by atoms with Crippen molar-refractivity contribution in [3.05, 3.63) is 24.8 Å². The minimum atomic E-state index is 0. The number of imidazole rings is 1. The van der Waals surface area contributed by atoms with Gasteiger partial charge in [0.15, 0.2) is 5.82 Å². The van der Waals surface area contributed by atoms with Crippen LogP contribution in [0.4, 0.5) is 0 Å². The van der Waals surface area contributed by atoms with E-state index in [1.807, 2.05) is 4.90 Å². The predicted octanol–water partition coefficient (Wildman–Crippen LogP) is 3.74. The smallest absolute Gasteiger partial charge is 0.289 e. The third kappa shape index (κ3) is 2.84. The number of benzene rings is 1. The molecule has 1 amide bonds. The lowest BCUT2D eigenvalue weighted by atomic mass is 10.0. The van der Waals surface area contributed by atoms with Gasteiger partial charge in [-0.1, -0.05) is 0 Å². The van der Waals surface area contributed by atoms with E-state index in [1.165, 1.54) is 5.56 Å². The van der Waals surface area contributed by atoms with Crippen molar-refractivity contribution in [3.63, 3.8) is 0 Å². The van der Waals surface area contributed by atoms with E-state index in [9.17, 15) is 4.79 Å². The largest absolute Gasteiger partial charge is 0.333 e. The Kier molecular flexibility index (Phi) is 5.61. The number of piperazine rings is 1. The minimum Gasteiger partial charge on any atom is -0.333 e. The van der Waals surface area contributed by atoms with E-state index in [0.29, 0.717) is 5.82 Å². The van der Waals surface area contributed by atoms with Gasteiger partial charge in [-0.05, 0) is 66.2 Å². The highest BCUT2D eigenvalue weighted by molar-refractivity contribution is 9.14. The fraction of sp³-hybridized carbons (Fsp3) is 0.467. The molecule has 1 fully saturated rings. The number of nitrogens with one attached hydrogen (secondary N) is 1. The second-order valence-electron chi connectivity index (χ2n) is 5.85. The van der Waals surface area contributed by atoms with Gasteiger partial charge in [0.1, 0.15) is 5.52 Å². The molecule has 9 heteroatoms. The van der Waals surface area contributed by atoms with Crippen molar-refractivity contribution in [1.82, 2.24) is 19.8 Å². The van der Waals surface area contributed by atoms with Crippen molar-refractivity contribution in [2.45, 2.75) is 19.4 Å². The Morgan fingerprint density at radius 3 is 2.46 bits per heavy atom. The van der Waals surface area contributed by atoms with Gasteiger partial charge in [-0.2, -0.15) is 0 Å². The highest BCUT2D eigenvalue weighted by atomic mass is 79.9. The van der Waals surface area contributed by atoms with Gasteiger partial charge >= 0.3 is 0 Å². The fourth-order valence-electron chi connectivity index (χ4n) is 3.38. The van der Waals surface area contributed by atoms with Crippen LogP contribution in [0.1, 0.15) is 22.6 Å². The Labute approximate surface area is 171 Å². The zero-order valence-corrected chi connectivity index (χ0v) is 18.3. The molecule has 2 aliphatic heterocycles. The van der Waals surface area contributed by atoms with Crippen LogP contribution >= 0.6 is 60.2 Å². The summed E-state index contributed by atoms with van der Waals surface area (Å²) in [6, 6.07) is 0. The number of carbonyl (C=O) groups is 1. The first-order chi connectivity index (χ1) is 11.1. The van der Waals surface area contributed by atoms with Gasteiger partial charge in [-0.15, -0.1) is 12.4 Å². The molecular formula is C15H16Br3ClN4O. The van der Waals surface area contributed by atoms with Crippen LogP contribution in [0.3, 0.4) is 0 Å². The molecule has 0 aliphatic carbocycles. The third-order valence-electron chi connectivity index (χ3n) is 4.52. The monoisotopic (exact) mass is 540 g/mol. The van der Waals surface area contributed by atoms with Gasteiger partial charge in [0.05, 0.1) is 9.99 Å². The van der Waals surface area contributed by atoms with Crippen LogP contribution < -0.4 is 5.32 Å². The molecule has 1 saturated heterocycles. The molecule has 0 bridgehead atoms. The lowest BCUT2D eigenvalue weighted by Crippen LogP contribution is -2.47. The van der Waals surface area contributed by atoms with Crippen molar-refractivity contribution >= 4 is 77.1 Å². The zero-order chi connectivity index (χ0) is 16.1. The Morgan fingerprint density at radius 1 is 1.04 bits per heavy atom. The van der Waals surface area contributed by atoms with E-state index in [0.717, 1.165) is 70.0 Å². The Bertz CT molecular complexity index is 817. The van der Waals surface area contributed by atoms with E-state index in [1.54, 1.807) is 0 Å². The summed E-state index contributed by atoms with van der Waals surface area (Å²) in [6.07, 6.45) is 2.02. The minimum absolute atomic E-state index is 0. The number of hydrogen-bond donors (Lipinski definition) is 1. The van der Waals surface area contributed by atoms with Crippen LogP contribution in [0.5, 0.6) is 0 Å². The van der Waals surface area contributed by atoms with E-state index in [4.69, 9.17) is 4.98 Å². The van der Waals surface area contributed by atoms with Crippen LogP contribution in [0.15, 0.2) is 13.4 Å². The Hall–Kier alpha value is -0.150. The second kappa shape index (κ2) is 7.23. The van der Waals surface area contributed by atoms with Crippen LogP contribution in [0.25, 0.3) is 11.0 Å². The summed E-state index contributed by atoms with van der Waals surface area (Å²) in [4.78, 5) is 19.6. The number of rotatable bonds is 1. The van der Waals surface area contributed by atoms with Gasteiger partial charge in [0, 0.05) is 41.7 Å². The molecule has 0 spiro atoms. The van der Waals surface area contributed by atoms with Gasteiger partial charge in [-0.3, -0.25) is 4.79 Å². The molecular weight excluding hydrogens is 527 g/mol. The first kappa shape index (κ1) is 18.6. The average molecular weight is 543 g/mol. The van der Waals surface area contributed by atoms with Gasteiger partial charge in [-0.25, -0.2) is 4.98 Å². The van der Waals surface area contributed by atoms with Gasteiger partial charge in [0.25, 0.3) is 5.91 Å². The van der Waals surface area contributed by atoms with Crippen LogP contribution in [0, 0.1) is 0 Å². The van der Waals surface area contributed by atoms with Crippen molar-refractivity contribution < 1.29 is 4.79 Å². The Morgan fingerprint density at radius 2 is 1.75 bits per heavy atom. The third-order valence-corrected chi connectivity index (χ3v) is 8.02. The van der Waals surface area contributed by atoms with Gasteiger partial charge < -0.3 is 14.8 Å². The summed E-state index contributed by atoms with van der Waals surface area (Å²) in [5.41, 5.74) is 3.18. The molecule has 24 heavy (non-hydrogen) atoms. The summed E-state index contributed by atoms with van der Waals surface area (Å²) in [5, 5.41) is 3.28. The zero-order valence-electron chi connectivity index (χ0n) is 12.7. The first-order valence-corrected chi connectivity index (χ1v) is 10.0. The molecule has 0 unspecified atom stereocenters. The van der Waals surface area contributed by atoms with Gasteiger partial charge in [0.2, 0.25) is 0 Å². The van der Waals surface area contributed by atoms with Crippen LogP contribution in [-0.2, 0) is 13.0 Å². The fourth-order valence-corrected chi connectivity index (χ4v) is 5.13. The maximum absolute atomic E-state index is 12.9. The summed E-state index contributed by atoms with van der Waals surface area (Å²) >= 11 is 10.9. The van der Waals surface area contributed by atoms with Crippen molar-refractivity contribution in [2.75, 3.05) is 26.2 Å². The van der Waals surface area contributed by atoms with Crippen LogP contribution in [-0.4, -0.2) is 46.5 Å². The first-order valence-electron chi connectivity index (χ1n) is 7.65. The molecule has 130 valence electrons. The molecule has 3 heterocycles. The molecule has 2 aliphatic rings. The number of hydrogen-bond acceptors (Lipinski definition) is 3. The molecule has 0 radical (unpaired) electrons. The van der Waals surface area contributed by atoms with E-state index >= 15 is 0 Å². The maximum atomic E-state index is 12.9. The number of halogens is 4. The predicted molar refractivity (Wildman–Crippen MR) is 107 cm³/mol.